The van der Waals surface area contributed by atoms with E-state index < -0.39 is 17.3 Å². The van der Waals surface area contributed by atoms with Crippen molar-refractivity contribution < 1.29 is 27.8 Å². The van der Waals surface area contributed by atoms with E-state index in [4.69, 9.17) is 4.74 Å². The van der Waals surface area contributed by atoms with Crippen LogP contribution in [0.5, 0.6) is 11.5 Å². The van der Waals surface area contributed by atoms with Gasteiger partial charge in [-0.25, -0.2) is 0 Å². The minimum atomic E-state index is -3.65. The van der Waals surface area contributed by atoms with Crippen molar-refractivity contribution in [3.63, 3.8) is 0 Å². The summed E-state index contributed by atoms with van der Waals surface area (Å²) in [6.45, 7) is 5.38. The molecule has 6 heteroatoms. The van der Waals surface area contributed by atoms with Crippen molar-refractivity contribution >= 4 is 5.97 Å². The van der Waals surface area contributed by atoms with E-state index in [1.807, 2.05) is 0 Å². The lowest BCUT2D eigenvalue weighted by Crippen LogP contribution is -2.31. The van der Waals surface area contributed by atoms with Gasteiger partial charge in [-0.1, -0.05) is 6.07 Å². The molecule has 0 aromatic heterocycles. The van der Waals surface area contributed by atoms with E-state index in [1.54, 1.807) is 26.8 Å². The molecule has 0 radical (unpaired) electrons. The Morgan fingerprint density at radius 3 is 2.38 bits per heavy atom. The maximum Gasteiger partial charge on any atom is 0.586 e. The van der Waals surface area contributed by atoms with E-state index in [0.717, 1.165) is 0 Å². The van der Waals surface area contributed by atoms with Crippen molar-refractivity contribution in [2.24, 2.45) is 0 Å². The van der Waals surface area contributed by atoms with Gasteiger partial charge in [0.15, 0.2) is 11.5 Å². The molecule has 0 N–H and O–H groups in total. The van der Waals surface area contributed by atoms with Crippen molar-refractivity contribution in [2.75, 3.05) is 0 Å². The summed E-state index contributed by atoms with van der Waals surface area (Å²) < 4.78 is 40.3. The summed E-state index contributed by atoms with van der Waals surface area (Å²) in [6, 6.07) is 4.45. The normalized spacial score (nSPS) is 21.0. The third kappa shape index (κ3) is 2.54. The minimum Gasteiger partial charge on any atom is -0.459 e. The average Bonchev–Trinajstić information content (AvgIpc) is 3.04. The fourth-order valence-corrected chi connectivity index (χ4v) is 2.36. The molecule has 3 rings (SSSR count). The van der Waals surface area contributed by atoms with Gasteiger partial charge in [-0.2, -0.15) is 0 Å². The molecule has 0 amide bonds. The second-order valence-corrected chi connectivity index (χ2v) is 6.41. The minimum absolute atomic E-state index is 0.0243. The van der Waals surface area contributed by atoms with Crippen LogP contribution in [0, 0.1) is 0 Å². The molecule has 1 heterocycles. The van der Waals surface area contributed by atoms with E-state index in [0.29, 0.717) is 18.4 Å². The standard InChI is InChI=1S/C15H16F2O4/c1-13(2,3)21-12(18)14(6-7-14)9-4-5-10-11(8-9)20-15(16,17)19-10/h4-5,8H,6-7H2,1-3H3. The van der Waals surface area contributed by atoms with Crippen LogP contribution in [0.4, 0.5) is 8.78 Å². The van der Waals surface area contributed by atoms with Crippen molar-refractivity contribution in [1.29, 1.82) is 0 Å². The van der Waals surface area contributed by atoms with Crippen LogP contribution in [0.3, 0.4) is 0 Å². The van der Waals surface area contributed by atoms with Crippen molar-refractivity contribution in [2.45, 2.75) is 50.9 Å². The van der Waals surface area contributed by atoms with Gasteiger partial charge in [0.2, 0.25) is 0 Å². The number of fused-ring (bicyclic) bond motifs is 1. The lowest BCUT2D eigenvalue weighted by molar-refractivity contribution is -0.286. The van der Waals surface area contributed by atoms with E-state index in [-0.39, 0.29) is 17.5 Å². The molecule has 1 fully saturated rings. The molecular formula is C15H16F2O4. The van der Waals surface area contributed by atoms with Gasteiger partial charge in [0.1, 0.15) is 5.60 Å². The maximum atomic E-state index is 13.0. The smallest absolute Gasteiger partial charge is 0.459 e. The third-order valence-electron chi connectivity index (χ3n) is 3.49. The Hall–Kier alpha value is -1.85. The quantitative estimate of drug-likeness (QED) is 0.785. The lowest BCUT2D eigenvalue weighted by Gasteiger charge is -2.24. The van der Waals surface area contributed by atoms with Crippen LogP contribution in [0.2, 0.25) is 0 Å². The number of hydrogen-bond acceptors (Lipinski definition) is 4. The SMILES string of the molecule is CC(C)(C)OC(=O)C1(c2ccc3c(c2)OC(F)(F)O3)CC1. The summed E-state index contributed by atoms with van der Waals surface area (Å²) in [5, 5.41) is 0. The number of carbonyl (C=O) groups excluding carboxylic acids is 1. The predicted octanol–water partition coefficient (Wildman–Crippen LogP) is 3.38. The van der Waals surface area contributed by atoms with Gasteiger partial charge in [0.25, 0.3) is 0 Å². The van der Waals surface area contributed by atoms with E-state index in [1.165, 1.54) is 12.1 Å². The Bertz CT molecular complexity index is 600. The number of carbonyl (C=O) groups is 1. The molecule has 21 heavy (non-hydrogen) atoms. The fraction of sp³-hybridized carbons (Fsp3) is 0.533. The maximum absolute atomic E-state index is 13.0. The van der Waals surface area contributed by atoms with Gasteiger partial charge in [0, 0.05) is 0 Å². The second kappa shape index (κ2) is 4.08. The Balaban J connectivity index is 1.87. The number of hydrogen-bond donors (Lipinski definition) is 0. The summed E-state index contributed by atoms with van der Waals surface area (Å²) in [7, 11) is 0. The van der Waals surface area contributed by atoms with Gasteiger partial charge in [-0.3, -0.25) is 4.79 Å². The summed E-state index contributed by atoms with van der Waals surface area (Å²) in [5.41, 5.74) is -0.712. The average molecular weight is 298 g/mol. The van der Waals surface area contributed by atoms with Crippen LogP contribution in [0.25, 0.3) is 0 Å². The highest BCUT2D eigenvalue weighted by Gasteiger charge is 2.54. The molecule has 0 unspecified atom stereocenters. The zero-order chi connectivity index (χ0) is 15.5. The lowest BCUT2D eigenvalue weighted by atomic mass is 9.95. The first kappa shape index (κ1) is 14.1. The Morgan fingerprint density at radius 2 is 1.81 bits per heavy atom. The van der Waals surface area contributed by atoms with Crippen molar-refractivity contribution in [3.8, 4) is 11.5 Å². The van der Waals surface area contributed by atoms with Crippen LogP contribution >= 0.6 is 0 Å². The molecule has 0 bridgehead atoms. The van der Waals surface area contributed by atoms with Gasteiger partial charge < -0.3 is 14.2 Å². The first-order chi connectivity index (χ1) is 9.61. The molecule has 0 saturated heterocycles. The first-order valence-electron chi connectivity index (χ1n) is 6.75. The monoisotopic (exact) mass is 298 g/mol. The third-order valence-corrected chi connectivity index (χ3v) is 3.49. The summed E-state index contributed by atoms with van der Waals surface area (Å²) in [4.78, 5) is 12.3. The molecule has 1 aromatic carbocycles. The number of benzene rings is 1. The van der Waals surface area contributed by atoms with Crippen molar-refractivity contribution in [1.82, 2.24) is 0 Å². The highest BCUT2D eigenvalue weighted by atomic mass is 19.3. The highest BCUT2D eigenvalue weighted by molar-refractivity contribution is 5.87. The zero-order valence-electron chi connectivity index (χ0n) is 12.0. The molecule has 114 valence electrons. The fourth-order valence-electron chi connectivity index (χ4n) is 2.36. The molecule has 1 aliphatic carbocycles. The largest absolute Gasteiger partial charge is 0.586 e. The molecule has 1 aliphatic heterocycles. The molecule has 0 spiro atoms. The van der Waals surface area contributed by atoms with Gasteiger partial charge in [-0.15, -0.1) is 8.78 Å². The number of halogens is 2. The summed E-state index contributed by atoms with van der Waals surface area (Å²) in [6.07, 6.45) is -2.38. The van der Waals surface area contributed by atoms with Crippen LogP contribution in [-0.4, -0.2) is 17.9 Å². The topological polar surface area (TPSA) is 44.8 Å². The van der Waals surface area contributed by atoms with Crippen LogP contribution < -0.4 is 9.47 Å². The highest BCUT2D eigenvalue weighted by Crippen LogP contribution is 2.52. The molecule has 1 saturated carbocycles. The number of alkyl halides is 2. The molecule has 0 atom stereocenters. The van der Waals surface area contributed by atoms with Gasteiger partial charge in [0.05, 0.1) is 5.41 Å². The van der Waals surface area contributed by atoms with E-state index in [9.17, 15) is 13.6 Å². The van der Waals surface area contributed by atoms with E-state index in [2.05, 4.69) is 9.47 Å². The predicted molar refractivity (Wildman–Crippen MR) is 69.4 cm³/mol. The molecule has 2 aliphatic rings. The zero-order valence-corrected chi connectivity index (χ0v) is 12.0. The number of rotatable bonds is 2. The van der Waals surface area contributed by atoms with Crippen LogP contribution in [0.15, 0.2) is 18.2 Å². The van der Waals surface area contributed by atoms with Gasteiger partial charge in [-0.05, 0) is 51.3 Å². The van der Waals surface area contributed by atoms with Crippen molar-refractivity contribution in [3.05, 3.63) is 23.8 Å². The summed E-state index contributed by atoms with van der Waals surface area (Å²) >= 11 is 0. The molecule has 1 aromatic rings. The first-order valence-corrected chi connectivity index (χ1v) is 6.75. The second-order valence-electron chi connectivity index (χ2n) is 6.41. The Kier molecular flexibility index (Phi) is 2.74. The number of esters is 1. The van der Waals surface area contributed by atoms with E-state index >= 15 is 0 Å². The Labute approximate surface area is 121 Å². The molecular weight excluding hydrogens is 282 g/mol. The Morgan fingerprint density at radius 1 is 1.19 bits per heavy atom. The number of ether oxygens (including phenoxy) is 3. The van der Waals surface area contributed by atoms with Gasteiger partial charge >= 0.3 is 12.3 Å². The molecule has 4 nitrogen and oxygen atoms in total. The summed E-state index contributed by atoms with van der Waals surface area (Å²) in [5.74, 6) is -0.406. The van der Waals surface area contributed by atoms with Crippen LogP contribution in [0.1, 0.15) is 39.2 Å². The van der Waals surface area contributed by atoms with Crippen LogP contribution in [-0.2, 0) is 14.9 Å².